The third kappa shape index (κ3) is 4.62. The van der Waals surface area contributed by atoms with Gasteiger partial charge in [0.15, 0.2) is 9.84 Å². The molecule has 1 aromatic carbocycles. The molecular weight excluding hydrogens is 528 g/mol. The maximum absolute atomic E-state index is 12.0. The third-order valence-corrected chi connectivity index (χ3v) is 10.8. The first-order chi connectivity index (χ1) is 19.3. The summed E-state index contributed by atoms with van der Waals surface area (Å²) in [4.78, 5) is 27.7. The number of likely N-dealkylation sites (tertiary alicyclic amines) is 2. The molecular formula is C29H36N6O4S. The summed E-state index contributed by atoms with van der Waals surface area (Å²) in [5.74, 6) is 3.59. The third-order valence-electron chi connectivity index (χ3n) is 9.17. The second kappa shape index (κ2) is 9.73. The Morgan fingerprint density at radius 2 is 1.85 bits per heavy atom. The highest BCUT2D eigenvalue weighted by molar-refractivity contribution is 7.91. The Labute approximate surface area is 235 Å². The number of fused-ring (bicyclic) bond motifs is 2. The predicted octanol–water partition coefficient (Wildman–Crippen LogP) is 2.97. The van der Waals surface area contributed by atoms with Gasteiger partial charge in [-0.25, -0.2) is 18.4 Å². The van der Waals surface area contributed by atoms with Gasteiger partial charge in [-0.1, -0.05) is 12.6 Å². The van der Waals surface area contributed by atoms with Crippen LogP contribution in [0.1, 0.15) is 60.8 Å². The molecule has 3 saturated heterocycles. The molecule has 4 aliphatic heterocycles. The topological polar surface area (TPSA) is 108 Å². The SMILES string of the molecule is C=CC(=O)N1CCC(N2CC(c3cc4c(c(C5CC5)c3)O[C@@H](C)c3c(ncnc3N3CCS(=O)(=O)CC3)N4)C2)C1. The minimum atomic E-state index is -3.00. The van der Waals surface area contributed by atoms with Crippen molar-refractivity contribution in [1.29, 1.82) is 0 Å². The molecule has 4 fully saturated rings. The van der Waals surface area contributed by atoms with Crippen molar-refractivity contribution in [2.45, 2.75) is 50.2 Å². The highest BCUT2D eigenvalue weighted by atomic mass is 32.2. The minimum absolute atomic E-state index is 0.0253. The zero-order chi connectivity index (χ0) is 27.6. The van der Waals surface area contributed by atoms with Crippen LogP contribution in [0.4, 0.5) is 17.3 Å². The largest absolute Gasteiger partial charge is 0.483 e. The number of nitrogens with one attached hydrogen (secondary N) is 1. The van der Waals surface area contributed by atoms with E-state index in [1.807, 2.05) is 16.7 Å². The maximum Gasteiger partial charge on any atom is 0.246 e. The molecule has 1 saturated carbocycles. The van der Waals surface area contributed by atoms with Crippen LogP contribution in [0.3, 0.4) is 0 Å². The molecule has 5 aliphatic rings. The Morgan fingerprint density at radius 1 is 1.07 bits per heavy atom. The lowest BCUT2D eigenvalue weighted by Crippen LogP contribution is -2.51. The number of rotatable bonds is 5. The van der Waals surface area contributed by atoms with E-state index >= 15 is 0 Å². The molecule has 1 unspecified atom stereocenters. The molecule has 1 aromatic heterocycles. The number of amides is 1. The molecule has 1 N–H and O–H groups in total. The van der Waals surface area contributed by atoms with E-state index in [1.54, 1.807) is 6.33 Å². The van der Waals surface area contributed by atoms with Crippen LogP contribution in [0, 0.1) is 0 Å². The molecule has 1 amide bonds. The molecule has 2 aromatic rings. The first kappa shape index (κ1) is 25.8. The summed E-state index contributed by atoms with van der Waals surface area (Å²) in [6.07, 6.45) is 6.03. The molecule has 0 spiro atoms. The molecule has 11 heteroatoms. The first-order valence-electron chi connectivity index (χ1n) is 14.4. The Bertz CT molecular complexity index is 1460. The van der Waals surface area contributed by atoms with Crippen molar-refractivity contribution in [2.75, 3.05) is 61.0 Å². The lowest BCUT2D eigenvalue weighted by Gasteiger charge is -2.43. The summed E-state index contributed by atoms with van der Waals surface area (Å²) in [6, 6.07) is 4.99. The van der Waals surface area contributed by atoms with Crippen molar-refractivity contribution >= 4 is 33.1 Å². The number of hydrogen-bond acceptors (Lipinski definition) is 9. The number of ether oxygens (including phenoxy) is 1. The molecule has 0 bridgehead atoms. The van der Waals surface area contributed by atoms with E-state index in [9.17, 15) is 13.2 Å². The fraction of sp³-hybridized carbons (Fsp3) is 0.552. The van der Waals surface area contributed by atoms with Crippen LogP contribution >= 0.6 is 0 Å². The Morgan fingerprint density at radius 3 is 2.58 bits per heavy atom. The summed E-state index contributed by atoms with van der Waals surface area (Å²) in [7, 11) is -3.00. The minimum Gasteiger partial charge on any atom is -0.483 e. The second-order valence-electron chi connectivity index (χ2n) is 11.8. The Balaban J connectivity index is 1.14. The molecule has 0 radical (unpaired) electrons. The van der Waals surface area contributed by atoms with Gasteiger partial charge >= 0.3 is 0 Å². The summed E-state index contributed by atoms with van der Waals surface area (Å²) in [5.41, 5.74) is 4.39. The van der Waals surface area contributed by atoms with Crippen LogP contribution in [0.5, 0.6) is 5.75 Å². The van der Waals surface area contributed by atoms with E-state index in [1.165, 1.54) is 30.0 Å². The monoisotopic (exact) mass is 564 g/mol. The predicted molar refractivity (Wildman–Crippen MR) is 153 cm³/mol. The summed E-state index contributed by atoms with van der Waals surface area (Å²) in [6.45, 7) is 10.1. The normalized spacial score (nSPS) is 26.1. The van der Waals surface area contributed by atoms with Crippen molar-refractivity contribution in [3.8, 4) is 5.75 Å². The molecule has 7 rings (SSSR count). The molecule has 212 valence electrons. The average Bonchev–Trinajstić information content (AvgIpc) is 3.67. The van der Waals surface area contributed by atoms with Crippen molar-refractivity contribution < 1.29 is 17.9 Å². The zero-order valence-electron chi connectivity index (χ0n) is 22.9. The lowest BCUT2D eigenvalue weighted by atomic mass is 9.87. The van der Waals surface area contributed by atoms with Crippen LogP contribution in [0.15, 0.2) is 31.1 Å². The smallest absolute Gasteiger partial charge is 0.246 e. The fourth-order valence-electron chi connectivity index (χ4n) is 6.62. The number of anilines is 3. The number of benzene rings is 1. The van der Waals surface area contributed by atoms with Gasteiger partial charge in [-0.15, -0.1) is 0 Å². The van der Waals surface area contributed by atoms with Crippen LogP contribution in [0.2, 0.25) is 0 Å². The van der Waals surface area contributed by atoms with Gasteiger partial charge in [0.2, 0.25) is 5.91 Å². The second-order valence-corrected chi connectivity index (χ2v) is 14.1. The summed E-state index contributed by atoms with van der Waals surface area (Å²) in [5, 5.41) is 3.60. The van der Waals surface area contributed by atoms with Crippen molar-refractivity contribution in [3.63, 3.8) is 0 Å². The van der Waals surface area contributed by atoms with Gasteiger partial charge in [-0.05, 0) is 55.4 Å². The average molecular weight is 565 g/mol. The van der Waals surface area contributed by atoms with E-state index in [2.05, 4.69) is 38.9 Å². The zero-order valence-corrected chi connectivity index (χ0v) is 23.7. The fourth-order valence-corrected chi connectivity index (χ4v) is 7.82. The van der Waals surface area contributed by atoms with E-state index in [0.717, 1.165) is 61.2 Å². The summed E-state index contributed by atoms with van der Waals surface area (Å²) >= 11 is 0. The molecule has 5 heterocycles. The van der Waals surface area contributed by atoms with Crippen molar-refractivity contribution in [1.82, 2.24) is 19.8 Å². The van der Waals surface area contributed by atoms with E-state index in [-0.39, 0.29) is 23.5 Å². The molecule has 2 atom stereocenters. The first-order valence-corrected chi connectivity index (χ1v) is 16.2. The van der Waals surface area contributed by atoms with Gasteiger partial charge < -0.3 is 19.9 Å². The van der Waals surface area contributed by atoms with Gasteiger partial charge in [0.05, 0.1) is 22.8 Å². The van der Waals surface area contributed by atoms with Gasteiger partial charge in [0, 0.05) is 51.2 Å². The van der Waals surface area contributed by atoms with E-state index in [0.29, 0.717) is 31.0 Å². The lowest BCUT2D eigenvalue weighted by molar-refractivity contribution is -0.125. The Hall–Kier alpha value is -3.18. The molecule has 1 aliphatic carbocycles. The van der Waals surface area contributed by atoms with E-state index < -0.39 is 9.84 Å². The highest BCUT2D eigenvalue weighted by Gasteiger charge is 2.40. The number of aromatic nitrogens is 2. The highest BCUT2D eigenvalue weighted by Crippen LogP contribution is 2.52. The van der Waals surface area contributed by atoms with Gasteiger partial charge in [0.1, 0.15) is 29.8 Å². The number of carbonyl (C=O) groups is 1. The van der Waals surface area contributed by atoms with E-state index in [4.69, 9.17) is 4.74 Å². The van der Waals surface area contributed by atoms with Gasteiger partial charge in [-0.2, -0.15) is 0 Å². The summed E-state index contributed by atoms with van der Waals surface area (Å²) < 4.78 is 30.8. The van der Waals surface area contributed by atoms with Crippen LogP contribution < -0.4 is 15.0 Å². The quantitative estimate of drug-likeness (QED) is 0.549. The Kier molecular flexibility index (Phi) is 6.27. The number of sulfone groups is 1. The molecule has 10 nitrogen and oxygen atoms in total. The number of carbonyl (C=O) groups excluding carboxylic acids is 1. The van der Waals surface area contributed by atoms with Crippen molar-refractivity contribution in [3.05, 3.63) is 47.8 Å². The van der Waals surface area contributed by atoms with Crippen LogP contribution in [-0.2, 0) is 14.6 Å². The standard InChI is InChI=1S/C29H36N6O4S/c1-3-25(36)34-7-6-22(16-34)35-14-21(15-35)20-12-23(19-4-5-19)27-24(13-20)32-28-26(18(2)39-27)29(31-17-30-28)33-8-10-40(37,38)11-9-33/h3,12-13,17-19,21-22H,1,4-11,14-16H2,2H3,(H,30,31,32)/t18-,22?/m0/s1. The number of hydrogen-bond donors (Lipinski definition) is 1. The number of nitrogens with zero attached hydrogens (tertiary/aromatic N) is 5. The van der Waals surface area contributed by atoms with Gasteiger partial charge in [-0.3, -0.25) is 9.69 Å². The van der Waals surface area contributed by atoms with Crippen molar-refractivity contribution in [2.24, 2.45) is 0 Å². The van der Waals surface area contributed by atoms with Gasteiger partial charge in [0.25, 0.3) is 0 Å². The molecule has 40 heavy (non-hydrogen) atoms. The van der Waals surface area contributed by atoms with Crippen LogP contribution in [-0.4, -0.2) is 90.9 Å². The van der Waals surface area contributed by atoms with Crippen LogP contribution in [0.25, 0.3) is 0 Å². The maximum atomic E-state index is 12.0.